The van der Waals surface area contributed by atoms with Crippen molar-refractivity contribution in [3.63, 3.8) is 0 Å². The van der Waals surface area contributed by atoms with Gasteiger partial charge in [-0.05, 0) is 0 Å². The van der Waals surface area contributed by atoms with Gasteiger partial charge in [-0.3, -0.25) is 0 Å². The fourth-order valence-electron chi connectivity index (χ4n) is 6.45. The first-order valence-electron chi connectivity index (χ1n) is 11.6. The maximum absolute atomic E-state index is 12.7. The number of ether oxygens (including phenoxy) is 4. The molecule has 0 unspecified atom stereocenters. The molecule has 5 atom stereocenters. The molecule has 0 saturated carbocycles. The molecule has 188 valence electrons. The molecule has 34 heavy (non-hydrogen) atoms. The number of nitrogens with one attached hydrogen (secondary N) is 1. The summed E-state index contributed by atoms with van der Waals surface area (Å²) in [5, 5.41) is 4.33. The quantitative estimate of drug-likeness (QED) is 0.171. The Morgan fingerprint density at radius 3 is 2.91 bits per heavy atom. The van der Waals surface area contributed by atoms with E-state index in [0.29, 0.717) is 33.3 Å². The van der Waals surface area contributed by atoms with Gasteiger partial charge in [0.25, 0.3) is 0 Å². The number of piperidine rings is 2. The summed E-state index contributed by atoms with van der Waals surface area (Å²) < 4.78 is 30.3. The van der Waals surface area contributed by atoms with Gasteiger partial charge in [0.2, 0.25) is 0 Å². The van der Waals surface area contributed by atoms with Crippen LogP contribution in [0.15, 0.2) is 24.0 Å². The molecule has 1 aromatic rings. The first-order valence-corrected chi connectivity index (χ1v) is 14.4. The van der Waals surface area contributed by atoms with Gasteiger partial charge in [-0.2, -0.15) is 0 Å². The first kappa shape index (κ1) is 24.4. The molecule has 0 aliphatic carbocycles. The number of carbonyl (C=O) groups is 1. The van der Waals surface area contributed by atoms with E-state index in [1.54, 1.807) is 20.5 Å². The van der Waals surface area contributed by atoms with Crippen LogP contribution in [0.1, 0.15) is 31.7 Å². The maximum atomic E-state index is 12.7. The van der Waals surface area contributed by atoms with Crippen molar-refractivity contribution in [1.82, 2.24) is 4.90 Å². The third-order valence-electron chi connectivity index (χ3n) is 7.90. The van der Waals surface area contributed by atoms with Gasteiger partial charge in [-0.1, -0.05) is 0 Å². The summed E-state index contributed by atoms with van der Waals surface area (Å²) >= 11 is 5.82. The van der Waals surface area contributed by atoms with Crippen molar-refractivity contribution in [2.75, 3.05) is 44.3 Å². The Morgan fingerprint density at radius 2 is 2.21 bits per heavy atom. The number of anilines is 1. The first-order chi connectivity index (χ1) is 16.4. The van der Waals surface area contributed by atoms with Crippen molar-refractivity contribution in [3.05, 3.63) is 34.6 Å². The van der Waals surface area contributed by atoms with E-state index >= 15 is 0 Å². The second-order valence-electron chi connectivity index (χ2n) is 9.23. The number of fused-ring (bicyclic) bond motifs is 2. The summed E-state index contributed by atoms with van der Waals surface area (Å²) in [6, 6.07) is 3.76. The van der Waals surface area contributed by atoms with E-state index < -0.39 is 32.9 Å². The summed E-state index contributed by atoms with van der Waals surface area (Å²) in [6.07, 6.45) is 4.00. The monoisotopic (exact) mass is 605 g/mol. The van der Waals surface area contributed by atoms with E-state index in [0.717, 1.165) is 37.2 Å². The molecule has 0 bridgehead atoms. The van der Waals surface area contributed by atoms with Crippen molar-refractivity contribution >= 4 is 23.3 Å². The van der Waals surface area contributed by atoms with E-state index in [9.17, 15) is 4.79 Å². The van der Waals surface area contributed by atoms with Crippen LogP contribution in [0.4, 0.5) is 5.69 Å². The molecule has 8 nitrogen and oxygen atoms in total. The fourth-order valence-corrected chi connectivity index (χ4v) is 8.70. The molecule has 4 heterocycles. The topological polar surface area (TPSA) is 78.5 Å². The van der Waals surface area contributed by atoms with Gasteiger partial charge in [0.15, 0.2) is 0 Å². The van der Waals surface area contributed by atoms with Gasteiger partial charge in [0.1, 0.15) is 0 Å². The summed E-state index contributed by atoms with van der Waals surface area (Å²) in [5.41, 5.74) is 0.996. The molecular formula is C24H31ClIN2O6-. The molecule has 0 radical (unpaired) electrons. The van der Waals surface area contributed by atoms with Crippen molar-refractivity contribution in [1.29, 1.82) is 0 Å². The van der Waals surface area contributed by atoms with Crippen LogP contribution in [0.25, 0.3) is 0 Å². The molecule has 5 rings (SSSR count). The molecule has 4 aliphatic rings. The van der Waals surface area contributed by atoms with Crippen molar-refractivity contribution in [3.8, 4) is 5.75 Å². The number of nitrogens with zero attached hydrogens (tertiary/aromatic N) is 1. The average Bonchev–Trinajstić information content (AvgIpc) is 3.16. The third-order valence-corrected chi connectivity index (χ3v) is 9.69. The second kappa shape index (κ2) is 9.31. The second-order valence-corrected chi connectivity index (χ2v) is 11.4. The van der Waals surface area contributed by atoms with Crippen LogP contribution in [0.3, 0.4) is 0 Å². The zero-order valence-electron chi connectivity index (χ0n) is 19.9. The Balaban J connectivity index is 1.61. The molecule has 3 fully saturated rings. The van der Waals surface area contributed by atoms with Gasteiger partial charge < -0.3 is 0 Å². The fraction of sp³-hybridized carbons (Fsp3) is 0.625. The zero-order valence-corrected chi connectivity index (χ0v) is 22.8. The number of esters is 1. The third kappa shape index (κ3) is 3.45. The Labute approximate surface area is 216 Å². The van der Waals surface area contributed by atoms with Crippen LogP contribution in [0, 0.1) is 11.8 Å². The molecule has 10 heteroatoms. The molecule has 1 N–H and O–H groups in total. The van der Waals surface area contributed by atoms with Crippen LogP contribution in [0.2, 0.25) is 5.02 Å². The predicted molar refractivity (Wildman–Crippen MR) is 122 cm³/mol. The molecule has 3 saturated heterocycles. The normalized spacial score (nSPS) is 35.0. The summed E-state index contributed by atoms with van der Waals surface area (Å²) in [7, 11) is 4.64. The van der Waals surface area contributed by atoms with E-state index in [2.05, 4.69) is 17.1 Å². The Bertz CT molecular complexity index is 1010. The molecule has 4 aliphatic heterocycles. The summed E-state index contributed by atoms with van der Waals surface area (Å²) in [5.74, 6) is 0.640. The minimum atomic E-state index is -0.775. The number of methoxy groups -OCH3 is 3. The Kier molecular flexibility index (Phi) is 6.69. The van der Waals surface area contributed by atoms with Crippen LogP contribution in [0.5, 0.6) is 5.75 Å². The number of alkyl halides is 1. The van der Waals surface area contributed by atoms with Crippen molar-refractivity contribution < 1.29 is 48.4 Å². The molecule has 1 aromatic carbocycles. The molecular weight excluding hydrogens is 575 g/mol. The predicted octanol–water partition coefficient (Wildman–Crippen LogP) is 0.498. The Hall–Kier alpha value is -1.27. The van der Waals surface area contributed by atoms with Gasteiger partial charge in [-0.15, -0.1) is 0 Å². The molecule has 0 spiro atoms. The Morgan fingerprint density at radius 1 is 1.38 bits per heavy atom. The molecule has 0 amide bonds. The average molecular weight is 606 g/mol. The van der Waals surface area contributed by atoms with E-state index in [-0.39, 0.29) is 17.9 Å². The van der Waals surface area contributed by atoms with Crippen LogP contribution in [-0.4, -0.2) is 61.7 Å². The summed E-state index contributed by atoms with van der Waals surface area (Å²) in [4.78, 5) is 15.3. The zero-order chi connectivity index (χ0) is 24.1. The van der Waals surface area contributed by atoms with Crippen LogP contribution in [-0.2, 0) is 27.7 Å². The number of hydrogen-bond donors (Lipinski definition) is 1. The van der Waals surface area contributed by atoms with Gasteiger partial charge in [-0.25, -0.2) is 0 Å². The summed E-state index contributed by atoms with van der Waals surface area (Å²) in [6.45, 7) is 3.90. The van der Waals surface area contributed by atoms with Gasteiger partial charge in [0.05, 0.1) is 0 Å². The van der Waals surface area contributed by atoms with Gasteiger partial charge in [0, 0.05) is 0 Å². The number of carbonyl (C=O) groups excluding carboxylic acids is 1. The van der Waals surface area contributed by atoms with Crippen molar-refractivity contribution in [2.24, 2.45) is 11.8 Å². The van der Waals surface area contributed by atoms with Crippen LogP contribution < -0.4 is 31.7 Å². The van der Waals surface area contributed by atoms with Crippen molar-refractivity contribution in [2.45, 2.75) is 43.6 Å². The number of rotatable bonds is 5. The van der Waals surface area contributed by atoms with E-state index in [1.807, 2.05) is 12.1 Å². The number of halogens is 2. The standard InChI is InChI=1S/C24H31ClIN2O6/c1-5-14-11-28-7-6-23-21-18(8-15(25)9-19(21)31-3)27-24(23,34-26-13-33-23)20(28)10-16(14)17(12-30-2)22(29)32-4/h8-9,12,14,16,20,27H,5-7,10-11,13H2,1-4H3/q-1/b17-12+/t14-,16+,20+,23+,24+/m1/s1. The minimum absolute atomic E-state index is 0.0187. The molecule has 0 aromatic heterocycles. The van der Waals surface area contributed by atoms with Gasteiger partial charge >= 0.3 is 217 Å². The van der Waals surface area contributed by atoms with Crippen LogP contribution >= 0.6 is 11.6 Å². The van der Waals surface area contributed by atoms with E-state index in [4.69, 9.17) is 33.6 Å². The number of benzene rings is 1. The number of hydrogen-bond acceptors (Lipinski definition) is 8. The SMILES string of the molecule is CC[C@@H]1CN2CC[C@@]34OC[I-]O[C@@]3(Nc3cc(Cl)cc(OC)c34)[C@@H]2C[C@@H]1/C(=C\OC)C(=O)OC. The van der Waals surface area contributed by atoms with E-state index in [1.165, 1.54) is 7.11 Å².